The highest BCUT2D eigenvalue weighted by Crippen LogP contribution is 2.24. The second-order valence-electron chi connectivity index (χ2n) is 8.34. The van der Waals surface area contributed by atoms with E-state index in [4.69, 9.17) is 11.6 Å². The Labute approximate surface area is 204 Å². The standard InChI is InChI=1S/C24H29ClN6OS/c1-18-8-9-20(14-21(18)25)31-17-26-28-24(31)33-16-23(32)27-22(19-6-4-3-5-7-19)15-30-12-10-29(2)11-13-30/h3-9,14,17,22H,10-13,15-16H2,1-2H3,(H,27,32). The van der Waals surface area contributed by atoms with Gasteiger partial charge in [-0.1, -0.05) is 59.8 Å². The highest BCUT2D eigenvalue weighted by Gasteiger charge is 2.21. The summed E-state index contributed by atoms with van der Waals surface area (Å²) in [6.45, 7) is 6.86. The van der Waals surface area contributed by atoms with Crippen molar-refractivity contribution in [1.82, 2.24) is 29.9 Å². The molecule has 1 amide bonds. The van der Waals surface area contributed by atoms with E-state index in [0.29, 0.717) is 10.2 Å². The molecular weight excluding hydrogens is 456 g/mol. The molecule has 1 fully saturated rings. The molecule has 2 heterocycles. The van der Waals surface area contributed by atoms with E-state index in [1.54, 1.807) is 6.33 Å². The van der Waals surface area contributed by atoms with Crippen molar-refractivity contribution in [1.29, 1.82) is 0 Å². The topological polar surface area (TPSA) is 66.3 Å². The molecule has 1 aliphatic rings. The van der Waals surface area contributed by atoms with Crippen molar-refractivity contribution in [3.63, 3.8) is 0 Å². The second kappa shape index (κ2) is 11.2. The Balaban J connectivity index is 1.40. The normalized spacial score (nSPS) is 16.0. The average molecular weight is 485 g/mol. The molecule has 1 saturated heterocycles. The van der Waals surface area contributed by atoms with Crippen LogP contribution in [0.2, 0.25) is 5.02 Å². The van der Waals surface area contributed by atoms with Crippen molar-refractivity contribution < 1.29 is 4.79 Å². The highest BCUT2D eigenvalue weighted by molar-refractivity contribution is 7.99. The molecular formula is C24H29ClN6OS. The number of carbonyl (C=O) groups is 1. The second-order valence-corrected chi connectivity index (χ2v) is 9.69. The number of benzene rings is 2. The van der Waals surface area contributed by atoms with Gasteiger partial charge >= 0.3 is 0 Å². The van der Waals surface area contributed by atoms with E-state index >= 15 is 0 Å². The van der Waals surface area contributed by atoms with Crippen LogP contribution in [0.3, 0.4) is 0 Å². The fraction of sp³-hybridized carbons (Fsp3) is 0.375. The van der Waals surface area contributed by atoms with Crippen LogP contribution in [0.1, 0.15) is 17.2 Å². The molecule has 1 N–H and O–H groups in total. The SMILES string of the molecule is Cc1ccc(-n2cnnc2SCC(=O)NC(CN2CCN(C)CC2)c2ccccc2)cc1Cl. The Hall–Kier alpha value is -2.39. The molecule has 0 aliphatic carbocycles. The van der Waals surface area contributed by atoms with Gasteiger partial charge in [-0.05, 0) is 37.2 Å². The molecule has 1 unspecified atom stereocenters. The van der Waals surface area contributed by atoms with Crippen molar-refractivity contribution >= 4 is 29.3 Å². The smallest absolute Gasteiger partial charge is 0.231 e. The molecule has 33 heavy (non-hydrogen) atoms. The maximum Gasteiger partial charge on any atom is 0.231 e. The van der Waals surface area contributed by atoms with Gasteiger partial charge in [0, 0.05) is 37.7 Å². The minimum Gasteiger partial charge on any atom is -0.347 e. The molecule has 0 spiro atoms. The van der Waals surface area contributed by atoms with Crippen LogP contribution in [0.25, 0.3) is 5.69 Å². The molecule has 0 bridgehead atoms. The Bertz CT molecular complexity index is 1070. The lowest BCUT2D eigenvalue weighted by Crippen LogP contribution is -2.48. The molecule has 3 aromatic rings. The van der Waals surface area contributed by atoms with Crippen molar-refractivity contribution in [2.45, 2.75) is 18.1 Å². The van der Waals surface area contributed by atoms with Gasteiger partial charge in [-0.15, -0.1) is 10.2 Å². The molecule has 1 aliphatic heterocycles. The predicted octanol–water partition coefficient (Wildman–Crippen LogP) is 3.43. The van der Waals surface area contributed by atoms with E-state index in [2.05, 4.69) is 44.5 Å². The summed E-state index contributed by atoms with van der Waals surface area (Å²) in [6, 6.07) is 15.9. The minimum atomic E-state index is -0.0588. The number of aromatic nitrogens is 3. The van der Waals surface area contributed by atoms with E-state index < -0.39 is 0 Å². The van der Waals surface area contributed by atoms with Gasteiger partial charge in [-0.3, -0.25) is 14.3 Å². The van der Waals surface area contributed by atoms with Crippen molar-refractivity contribution in [3.8, 4) is 5.69 Å². The Kier molecular flexibility index (Phi) is 8.03. The summed E-state index contributed by atoms with van der Waals surface area (Å²) in [5, 5.41) is 12.8. The van der Waals surface area contributed by atoms with Crippen molar-refractivity contribution in [2.75, 3.05) is 45.5 Å². The predicted molar refractivity (Wildman–Crippen MR) is 133 cm³/mol. The number of carbonyl (C=O) groups excluding carboxylic acids is 1. The summed E-state index contributed by atoms with van der Waals surface area (Å²) < 4.78 is 1.85. The van der Waals surface area contributed by atoms with Crippen LogP contribution in [0.4, 0.5) is 0 Å². The largest absolute Gasteiger partial charge is 0.347 e. The summed E-state index contributed by atoms with van der Waals surface area (Å²) >= 11 is 7.65. The minimum absolute atomic E-state index is 0.0283. The van der Waals surface area contributed by atoms with Crippen LogP contribution in [0.15, 0.2) is 60.0 Å². The molecule has 1 aromatic heterocycles. The van der Waals surface area contributed by atoms with Crippen LogP contribution < -0.4 is 5.32 Å². The van der Waals surface area contributed by atoms with E-state index in [-0.39, 0.29) is 17.7 Å². The quantitative estimate of drug-likeness (QED) is 0.494. The maximum atomic E-state index is 12.9. The average Bonchev–Trinajstić information content (AvgIpc) is 3.30. The van der Waals surface area contributed by atoms with Gasteiger partial charge in [0.25, 0.3) is 0 Å². The highest BCUT2D eigenvalue weighted by atomic mass is 35.5. The monoisotopic (exact) mass is 484 g/mol. The number of thioether (sulfide) groups is 1. The summed E-state index contributed by atoms with van der Waals surface area (Å²) in [6.07, 6.45) is 1.64. The Morgan fingerprint density at radius 1 is 1.15 bits per heavy atom. The summed E-state index contributed by atoms with van der Waals surface area (Å²) in [5.41, 5.74) is 3.00. The lowest BCUT2D eigenvalue weighted by molar-refractivity contribution is -0.119. The van der Waals surface area contributed by atoms with Gasteiger partial charge < -0.3 is 10.2 Å². The van der Waals surface area contributed by atoms with Crippen LogP contribution in [0.5, 0.6) is 0 Å². The van der Waals surface area contributed by atoms with E-state index in [1.165, 1.54) is 11.8 Å². The van der Waals surface area contributed by atoms with Gasteiger partial charge in [0.05, 0.1) is 17.5 Å². The number of amides is 1. The van der Waals surface area contributed by atoms with Crippen LogP contribution in [-0.4, -0.2) is 76.0 Å². The number of hydrogen-bond acceptors (Lipinski definition) is 6. The van der Waals surface area contributed by atoms with Gasteiger partial charge in [0.2, 0.25) is 5.91 Å². The summed E-state index contributed by atoms with van der Waals surface area (Å²) in [7, 11) is 2.15. The first-order chi connectivity index (χ1) is 16.0. The summed E-state index contributed by atoms with van der Waals surface area (Å²) in [4.78, 5) is 17.7. The molecule has 2 aromatic carbocycles. The fourth-order valence-electron chi connectivity index (χ4n) is 3.81. The Morgan fingerprint density at radius 3 is 2.64 bits per heavy atom. The fourth-order valence-corrected chi connectivity index (χ4v) is 4.72. The first kappa shape index (κ1) is 23.8. The first-order valence-corrected chi connectivity index (χ1v) is 12.4. The van der Waals surface area contributed by atoms with Gasteiger partial charge in [-0.2, -0.15) is 0 Å². The van der Waals surface area contributed by atoms with Crippen LogP contribution in [0, 0.1) is 6.92 Å². The molecule has 1 atom stereocenters. The number of piperazine rings is 1. The zero-order valence-corrected chi connectivity index (χ0v) is 20.5. The third kappa shape index (κ3) is 6.35. The molecule has 7 nitrogen and oxygen atoms in total. The van der Waals surface area contributed by atoms with Gasteiger partial charge in [0.1, 0.15) is 6.33 Å². The van der Waals surface area contributed by atoms with Crippen molar-refractivity contribution in [3.05, 3.63) is 71.0 Å². The lowest BCUT2D eigenvalue weighted by Gasteiger charge is -2.35. The van der Waals surface area contributed by atoms with Gasteiger partial charge in [-0.25, -0.2) is 0 Å². The summed E-state index contributed by atoms with van der Waals surface area (Å²) in [5.74, 6) is 0.226. The molecule has 174 valence electrons. The van der Waals surface area contributed by atoms with E-state index in [9.17, 15) is 4.79 Å². The van der Waals surface area contributed by atoms with E-state index in [1.807, 2.05) is 47.9 Å². The number of likely N-dealkylation sites (N-methyl/N-ethyl adjacent to an activating group) is 1. The molecule has 4 rings (SSSR count). The Morgan fingerprint density at radius 2 is 1.91 bits per heavy atom. The number of nitrogens with one attached hydrogen (secondary N) is 1. The van der Waals surface area contributed by atoms with Crippen LogP contribution >= 0.6 is 23.4 Å². The molecule has 0 radical (unpaired) electrons. The maximum absolute atomic E-state index is 12.9. The number of nitrogens with zero attached hydrogens (tertiary/aromatic N) is 5. The number of aryl methyl sites for hydroxylation is 1. The third-order valence-electron chi connectivity index (χ3n) is 5.86. The molecule has 9 heteroatoms. The van der Waals surface area contributed by atoms with Crippen molar-refractivity contribution in [2.24, 2.45) is 0 Å². The van der Waals surface area contributed by atoms with Crippen LogP contribution in [-0.2, 0) is 4.79 Å². The first-order valence-electron chi connectivity index (χ1n) is 11.0. The third-order valence-corrected chi connectivity index (χ3v) is 7.21. The number of halogens is 1. The zero-order valence-electron chi connectivity index (χ0n) is 18.9. The zero-order chi connectivity index (χ0) is 23.2. The van der Waals surface area contributed by atoms with Gasteiger partial charge in [0.15, 0.2) is 5.16 Å². The number of rotatable bonds is 8. The lowest BCUT2D eigenvalue weighted by atomic mass is 10.1. The molecule has 0 saturated carbocycles. The van der Waals surface area contributed by atoms with E-state index in [0.717, 1.165) is 49.5 Å². The number of hydrogen-bond donors (Lipinski definition) is 1.